The molecule has 0 amide bonds. The van der Waals surface area contributed by atoms with Crippen LogP contribution in [0.25, 0.3) is 0 Å². The maximum Gasteiger partial charge on any atom is 0.178 e. The van der Waals surface area contributed by atoms with E-state index in [-0.39, 0.29) is 11.5 Å². The summed E-state index contributed by atoms with van der Waals surface area (Å²) in [5.41, 5.74) is 0. The zero-order chi connectivity index (χ0) is 14.6. The SMILES string of the molecule is CCCS(=O)(=O)c1ccc(Sc2ccc(O)cc2)cc1. The largest absolute Gasteiger partial charge is 0.508 e. The lowest BCUT2D eigenvalue weighted by molar-refractivity contribution is 0.475. The third kappa shape index (κ3) is 3.77. The van der Waals surface area contributed by atoms with Gasteiger partial charge in [0.2, 0.25) is 0 Å². The van der Waals surface area contributed by atoms with Crippen molar-refractivity contribution in [1.29, 1.82) is 0 Å². The van der Waals surface area contributed by atoms with Gasteiger partial charge in [-0.15, -0.1) is 0 Å². The molecule has 2 aromatic rings. The molecule has 2 rings (SSSR count). The van der Waals surface area contributed by atoms with Crippen molar-refractivity contribution in [1.82, 2.24) is 0 Å². The van der Waals surface area contributed by atoms with Gasteiger partial charge in [0.25, 0.3) is 0 Å². The van der Waals surface area contributed by atoms with E-state index in [1.165, 1.54) is 11.8 Å². The molecule has 3 nitrogen and oxygen atoms in total. The van der Waals surface area contributed by atoms with E-state index >= 15 is 0 Å². The number of hydrogen-bond donors (Lipinski definition) is 1. The van der Waals surface area contributed by atoms with Crippen molar-refractivity contribution in [3.05, 3.63) is 48.5 Å². The molecule has 20 heavy (non-hydrogen) atoms. The fourth-order valence-electron chi connectivity index (χ4n) is 1.75. The highest BCUT2D eigenvalue weighted by molar-refractivity contribution is 7.99. The third-order valence-corrected chi connectivity index (χ3v) is 5.68. The van der Waals surface area contributed by atoms with Gasteiger partial charge < -0.3 is 5.11 Å². The van der Waals surface area contributed by atoms with Crippen LogP contribution in [0.2, 0.25) is 0 Å². The van der Waals surface area contributed by atoms with Gasteiger partial charge in [-0.3, -0.25) is 0 Å². The molecular formula is C15H16O3S2. The molecule has 0 saturated carbocycles. The smallest absolute Gasteiger partial charge is 0.178 e. The Bertz CT molecular complexity index is 659. The van der Waals surface area contributed by atoms with Crippen LogP contribution in [0.15, 0.2) is 63.2 Å². The molecular weight excluding hydrogens is 292 g/mol. The van der Waals surface area contributed by atoms with Crippen LogP contribution in [-0.4, -0.2) is 19.3 Å². The van der Waals surface area contributed by atoms with E-state index < -0.39 is 9.84 Å². The standard InChI is InChI=1S/C15H16O3S2/c1-2-11-20(17,18)15-9-7-14(8-10-15)19-13-5-3-12(16)4-6-13/h3-10,16H,2,11H2,1H3. The topological polar surface area (TPSA) is 54.4 Å². The van der Waals surface area contributed by atoms with Crippen LogP contribution >= 0.6 is 11.8 Å². The van der Waals surface area contributed by atoms with Crippen LogP contribution in [-0.2, 0) is 9.84 Å². The van der Waals surface area contributed by atoms with Crippen LogP contribution in [0.3, 0.4) is 0 Å². The van der Waals surface area contributed by atoms with E-state index in [9.17, 15) is 13.5 Å². The van der Waals surface area contributed by atoms with E-state index in [4.69, 9.17) is 0 Å². The Balaban J connectivity index is 2.14. The van der Waals surface area contributed by atoms with Gasteiger partial charge in [0, 0.05) is 9.79 Å². The van der Waals surface area contributed by atoms with Gasteiger partial charge in [-0.05, 0) is 55.0 Å². The molecule has 0 unspecified atom stereocenters. The molecule has 0 saturated heterocycles. The van der Waals surface area contributed by atoms with Crippen molar-refractivity contribution in [2.45, 2.75) is 28.0 Å². The second kappa shape index (κ2) is 6.33. The summed E-state index contributed by atoms with van der Waals surface area (Å²) in [5, 5.41) is 9.22. The maximum absolute atomic E-state index is 11.9. The van der Waals surface area contributed by atoms with Crippen LogP contribution in [0.5, 0.6) is 5.75 Å². The first-order valence-electron chi connectivity index (χ1n) is 6.31. The summed E-state index contributed by atoms with van der Waals surface area (Å²) < 4.78 is 23.8. The number of sulfone groups is 1. The van der Waals surface area contributed by atoms with E-state index in [0.29, 0.717) is 11.3 Å². The average molecular weight is 308 g/mol. The summed E-state index contributed by atoms with van der Waals surface area (Å²) in [5.74, 6) is 0.410. The van der Waals surface area contributed by atoms with E-state index in [1.807, 2.05) is 19.1 Å². The zero-order valence-corrected chi connectivity index (χ0v) is 12.7. The van der Waals surface area contributed by atoms with E-state index in [2.05, 4.69) is 0 Å². The van der Waals surface area contributed by atoms with Gasteiger partial charge in [0.15, 0.2) is 9.84 Å². The van der Waals surface area contributed by atoms with Crippen molar-refractivity contribution in [3.63, 3.8) is 0 Å². The van der Waals surface area contributed by atoms with Crippen LogP contribution in [0, 0.1) is 0 Å². The number of aromatic hydroxyl groups is 1. The van der Waals surface area contributed by atoms with Crippen LogP contribution in [0.1, 0.15) is 13.3 Å². The minimum Gasteiger partial charge on any atom is -0.508 e. The lowest BCUT2D eigenvalue weighted by Gasteiger charge is -2.05. The molecule has 0 atom stereocenters. The molecule has 2 aromatic carbocycles. The molecule has 106 valence electrons. The van der Waals surface area contributed by atoms with Crippen LogP contribution in [0.4, 0.5) is 0 Å². The molecule has 0 fully saturated rings. The Morgan fingerprint density at radius 1 is 0.950 bits per heavy atom. The maximum atomic E-state index is 11.9. The summed E-state index contributed by atoms with van der Waals surface area (Å²) in [6.07, 6.45) is 0.617. The van der Waals surface area contributed by atoms with Crippen molar-refractivity contribution < 1.29 is 13.5 Å². The quantitative estimate of drug-likeness (QED) is 0.914. The van der Waals surface area contributed by atoms with Gasteiger partial charge in [-0.25, -0.2) is 8.42 Å². The first-order valence-corrected chi connectivity index (χ1v) is 8.78. The predicted octanol–water partition coefficient (Wildman–Crippen LogP) is 3.73. The molecule has 0 radical (unpaired) electrons. The Morgan fingerprint density at radius 2 is 1.45 bits per heavy atom. The Hall–Kier alpha value is -1.46. The minimum atomic E-state index is -3.15. The number of hydrogen-bond acceptors (Lipinski definition) is 4. The zero-order valence-electron chi connectivity index (χ0n) is 11.1. The molecule has 1 N–H and O–H groups in total. The van der Waals surface area contributed by atoms with Gasteiger partial charge in [-0.1, -0.05) is 18.7 Å². The summed E-state index contributed by atoms with van der Waals surface area (Å²) in [4.78, 5) is 2.33. The van der Waals surface area contributed by atoms with E-state index in [1.54, 1.807) is 36.4 Å². The lowest BCUT2D eigenvalue weighted by atomic mass is 10.3. The van der Waals surface area contributed by atoms with Gasteiger partial charge >= 0.3 is 0 Å². The third-order valence-electron chi connectivity index (χ3n) is 2.73. The molecule has 5 heteroatoms. The minimum absolute atomic E-state index is 0.178. The van der Waals surface area contributed by atoms with Gasteiger partial charge in [0.05, 0.1) is 10.6 Å². The highest BCUT2D eigenvalue weighted by Crippen LogP contribution is 2.29. The van der Waals surface area contributed by atoms with Gasteiger partial charge in [0.1, 0.15) is 5.75 Å². The normalized spacial score (nSPS) is 11.4. The Morgan fingerprint density at radius 3 is 1.95 bits per heavy atom. The first-order chi connectivity index (χ1) is 9.51. The Kier molecular flexibility index (Phi) is 4.73. The molecule has 0 aliphatic rings. The highest BCUT2D eigenvalue weighted by Gasteiger charge is 2.12. The fourth-order valence-corrected chi connectivity index (χ4v) is 3.89. The molecule has 0 aliphatic carbocycles. The molecule has 0 spiro atoms. The first kappa shape index (κ1) is 14.9. The number of rotatable bonds is 5. The molecule has 0 aromatic heterocycles. The highest BCUT2D eigenvalue weighted by atomic mass is 32.2. The van der Waals surface area contributed by atoms with E-state index in [0.717, 1.165) is 9.79 Å². The molecule has 0 heterocycles. The van der Waals surface area contributed by atoms with Crippen molar-refractivity contribution in [2.24, 2.45) is 0 Å². The van der Waals surface area contributed by atoms with Gasteiger partial charge in [-0.2, -0.15) is 0 Å². The van der Waals surface area contributed by atoms with Crippen molar-refractivity contribution in [2.75, 3.05) is 5.75 Å². The summed E-state index contributed by atoms with van der Waals surface area (Å²) >= 11 is 1.52. The molecule has 0 aliphatic heterocycles. The van der Waals surface area contributed by atoms with Crippen LogP contribution < -0.4 is 0 Å². The predicted molar refractivity (Wildman–Crippen MR) is 81.0 cm³/mol. The number of phenolic OH excluding ortho intramolecular Hbond substituents is 1. The summed E-state index contributed by atoms with van der Waals surface area (Å²) in [7, 11) is -3.15. The molecule has 0 bridgehead atoms. The summed E-state index contributed by atoms with van der Waals surface area (Å²) in [6, 6.07) is 13.8. The number of phenols is 1. The number of benzene rings is 2. The second-order valence-corrected chi connectivity index (χ2v) is 7.64. The second-order valence-electron chi connectivity index (χ2n) is 4.39. The fraction of sp³-hybridized carbons (Fsp3) is 0.200. The average Bonchev–Trinajstić information content (AvgIpc) is 2.42. The lowest BCUT2D eigenvalue weighted by Crippen LogP contribution is -2.05. The monoisotopic (exact) mass is 308 g/mol. The van der Waals surface area contributed by atoms with Crippen molar-refractivity contribution in [3.8, 4) is 5.75 Å². The Labute approximate surface area is 123 Å². The van der Waals surface area contributed by atoms with Crippen molar-refractivity contribution >= 4 is 21.6 Å². The summed E-state index contributed by atoms with van der Waals surface area (Å²) in [6.45, 7) is 1.85.